The molecule has 0 spiro atoms. The minimum Gasteiger partial charge on any atom is -0.297 e. The van der Waals surface area contributed by atoms with Gasteiger partial charge in [-0.05, 0) is 63.6 Å². The summed E-state index contributed by atoms with van der Waals surface area (Å²) in [6, 6.07) is 2.07. The Balaban J connectivity index is 1.67. The van der Waals surface area contributed by atoms with Gasteiger partial charge in [0, 0.05) is 16.0 Å². The average molecular weight is 358 g/mol. The van der Waals surface area contributed by atoms with Gasteiger partial charge in [-0.2, -0.15) is 0 Å². The number of thiazole rings is 1. The molecule has 0 radical (unpaired) electrons. The molecular weight excluding hydrogens is 338 g/mol. The molecule has 0 atom stereocenters. The van der Waals surface area contributed by atoms with Crippen LogP contribution in [0, 0.1) is 20.8 Å². The van der Waals surface area contributed by atoms with E-state index < -0.39 is 0 Å². The molecule has 3 heterocycles. The normalized spacial score (nSPS) is 14.0. The second-order valence-corrected chi connectivity index (χ2v) is 8.45. The van der Waals surface area contributed by atoms with Crippen molar-refractivity contribution >= 4 is 43.9 Å². The number of aryl methyl sites for hydroxylation is 5. The Morgan fingerprint density at radius 3 is 2.71 bits per heavy atom. The highest BCUT2D eigenvalue weighted by atomic mass is 32.1. The monoisotopic (exact) mass is 357 g/mol. The number of hydrogen-bond acceptors (Lipinski definition) is 5. The van der Waals surface area contributed by atoms with Gasteiger partial charge >= 0.3 is 0 Å². The molecule has 0 saturated heterocycles. The first-order chi connectivity index (χ1) is 11.5. The summed E-state index contributed by atoms with van der Waals surface area (Å²) in [7, 11) is 0. The lowest BCUT2D eigenvalue weighted by Crippen LogP contribution is -2.11. The molecule has 0 saturated carbocycles. The summed E-state index contributed by atoms with van der Waals surface area (Å²) in [5, 5.41) is 4.83. The molecule has 3 aromatic heterocycles. The van der Waals surface area contributed by atoms with Crippen LogP contribution >= 0.6 is 22.7 Å². The third-order valence-corrected chi connectivity index (χ3v) is 6.76. The molecule has 0 fully saturated rings. The molecule has 4 nitrogen and oxygen atoms in total. The number of carbonyl (C=O) groups is 1. The maximum absolute atomic E-state index is 12.8. The van der Waals surface area contributed by atoms with E-state index in [0.29, 0.717) is 0 Å². The second-order valence-electron chi connectivity index (χ2n) is 6.37. The largest absolute Gasteiger partial charge is 0.297 e. The number of nitrogens with one attached hydrogen (secondary N) is 1. The maximum Gasteiger partial charge on any atom is 0.267 e. The van der Waals surface area contributed by atoms with Crippen molar-refractivity contribution in [2.45, 2.75) is 46.5 Å². The Morgan fingerprint density at radius 2 is 1.92 bits per heavy atom. The van der Waals surface area contributed by atoms with E-state index in [-0.39, 0.29) is 5.91 Å². The van der Waals surface area contributed by atoms with Crippen molar-refractivity contribution in [1.29, 1.82) is 0 Å². The number of anilines is 1. The Kier molecular flexibility index (Phi) is 3.89. The molecule has 0 aromatic carbocycles. The minimum atomic E-state index is -0.0707. The number of aromatic nitrogens is 2. The summed E-state index contributed by atoms with van der Waals surface area (Å²) in [4.78, 5) is 25.0. The molecular formula is C18H19N3OS2. The van der Waals surface area contributed by atoms with E-state index in [1.54, 1.807) is 11.3 Å². The number of amides is 1. The Labute approximate surface area is 149 Å². The lowest BCUT2D eigenvalue weighted by Gasteiger charge is -2.06. The van der Waals surface area contributed by atoms with Crippen LogP contribution in [-0.4, -0.2) is 15.9 Å². The predicted octanol–water partition coefficient (Wildman–Crippen LogP) is 4.81. The van der Waals surface area contributed by atoms with Crippen molar-refractivity contribution in [2.75, 3.05) is 5.32 Å². The predicted molar refractivity (Wildman–Crippen MR) is 101 cm³/mol. The van der Waals surface area contributed by atoms with E-state index in [4.69, 9.17) is 0 Å². The fraction of sp³-hybridized carbons (Fsp3) is 0.389. The van der Waals surface area contributed by atoms with Crippen molar-refractivity contribution in [2.24, 2.45) is 0 Å². The number of pyridine rings is 1. The number of carbonyl (C=O) groups excluding carboxylic acids is 1. The number of fused-ring (bicyclic) bond motifs is 2. The van der Waals surface area contributed by atoms with Crippen molar-refractivity contribution in [3.05, 3.63) is 38.3 Å². The summed E-state index contributed by atoms with van der Waals surface area (Å²) in [5.41, 5.74) is 4.34. The molecule has 1 N–H and O–H groups in total. The highest BCUT2D eigenvalue weighted by Crippen LogP contribution is 2.34. The van der Waals surface area contributed by atoms with Crippen LogP contribution in [0.2, 0.25) is 0 Å². The average Bonchev–Trinajstić information content (AvgIpc) is 3.07. The molecule has 24 heavy (non-hydrogen) atoms. The van der Waals surface area contributed by atoms with Gasteiger partial charge in [-0.1, -0.05) is 0 Å². The fourth-order valence-corrected chi connectivity index (χ4v) is 5.64. The van der Waals surface area contributed by atoms with Gasteiger partial charge in [0.15, 0.2) is 5.13 Å². The van der Waals surface area contributed by atoms with Crippen molar-refractivity contribution < 1.29 is 4.79 Å². The Morgan fingerprint density at radius 1 is 1.12 bits per heavy atom. The van der Waals surface area contributed by atoms with Gasteiger partial charge in [-0.25, -0.2) is 9.97 Å². The number of hydrogen-bond donors (Lipinski definition) is 1. The molecule has 4 rings (SSSR count). The van der Waals surface area contributed by atoms with Crippen molar-refractivity contribution in [3.63, 3.8) is 0 Å². The standard InChI is InChI=1S/C18H19N3OS2/c1-9-8-10(2)19-17-14(9)11(3)15(24-17)16(22)21-18-20-12-6-4-5-7-13(12)23-18/h8H,4-7H2,1-3H3,(H,20,21,22). The maximum atomic E-state index is 12.8. The van der Waals surface area contributed by atoms with E-state index in [1.807, 2.05) is 13.8 Å². The quantitative estimate of drug-likeness (QED) is 0.716. The lowest BCUT2D eigenvalue weighted by molar-refractivity contribution is 0.103. The third-order valence-electron chi connectivity index (χ3n) is 4.50. The summed E-state index contributed by atoms with van der Waals surface area (Å²) in [5.74, 6) is -0.0707. The highest BCUT2D eigenvalue weighted by molar-refractivity contribution is 7.21. The molecule has 0 bridgehead atoms. The summed E-state index contributed by atoms with van der Waals surface area (Å²) in [6.45, 7) is 6.07. The van der Waals surface area contributed by atoms with E-state index in [0.717, 1.165) is 44.3 Å². The zero-order valence-corrected chi connectivity index (χ0v) is 15.7. The SMILES string of the molecule is Cc1cc(C)c2c(C)c(C(=O)Nc3nc4c(s3)CCCC4)sc2n1. The Bertz CT molecular complexity index is 931. The summed E-state index contributed by atoms with van der Waals surface area (Å²) in [6.07, 6.45) is 4.55. The third kappa shape index (κ3) is 2.63. The lowest BCUT2D eigenvalue weighted by atomic mass is 10.0. The van der Waals surface area contributed by atoms with E-state index >= 15 is 0 Å². The molecule has 1 aliphatic carbocycles. The van der Waals surface area contributed by atoms with Crippen LogP contribution in [0.3, 0.4) is 0 Å². The smallest absolute Gasteiger partial charge is 0.267 e. The van der Waals surface area contributed by atoms with Gasteiger partial charge in [0.05, 0.1) is 10.6 Å². The zero-order chi connectivity index (χ0) is 16.8. The summed E-state index contributed by atoms with van der Waals surface area (Å²) >= 11 is 3.09. The van der Waals surface area contributed by atoms with E-state index in [2.05, 4.69) is 28.3 Å². The van der Waals surface area contributed by atoms with Gasteiger partial charge in [-0.15, -0.1) is 22.7 Å². The van der Waals surface area contributed by atoms with E-state index in [9.17, 15) is 4.79 Å². The van der Waals surface area contributed by atoms with Crippen molar-refractivity contribution in [3.8, 4) is 0 Å². The van der Waals surface area contributed by atoms with Crippen LogP contribution in [0.1, 0.15) is 49.9 Å². The van der Waals surface area contributed by atoms with Gasteiger partial charge in [0.1, 0.15) is 4.83 Å². The van der Waals surface area contributed by atoms with Crippen LogP contribution < -0.4 is 5.32 Å². The van der Waals surface area contributed by atoms with Gasteiger partial charge < -0.3 is 0 Å². The first-order valence-corrected chi connectivity index (χ1v) is 9.83. The highest BCUT2D eigenvalue weighted by Gasteiger charge is 2.21. The van der Waals surface area contributed by atoms with E-state index in [1.165, 1.54) is 40.3 Å². The van der Waals surface area contributed by atoms with Crippen LogP contribution in [0.15, 0.2) is 6.07 Å². The first kappa shape index (κ1) is 15.7. The van der Waals surface area contributed by atoms with Gasteiger partial charge in [0.2, 0.25) is 0 Å². The number of thiophene rings is 1. The van der Waals surface area contributed by atoms with Crippen LogP contribution in [0.5, 0.6) is 0 Å². The van der Waals surface area contributed by atoms with Crippen LogP contribution in [-0.2, 0) is 12.8 Å². The fourth-order valence-electron chi connectivity index (χ4n) is 3.40. The minimum absolute atomic E-state index is 0.0707. The summed E-state index contributed by atoms with van der Waals surface area (Å²) < 4.78 is 0. The second kappa shape index (κ2) is 5.93. The van der Waals surface area contributed by atoms with Gasteiger partial charge in [-0.3, -0.25) is 10.1 Å². The zero-order valence-electron chi connectivity index (χ0n) is 14.0. The van der Waals surface area contributed by atoms with Gasteiger partial charge in [0.25, 0.3) is 5.91 Å². The van der Waals surface area contributed by atoms with Crippen LogP contribution in [0.4, 0.5) is 5.13 Å². The molecule has 0 unspecified atom stereocenters. The molecule has 3 aromatic rings. The molecule has 124 valence electrons. The Hall–Kier alpha value is -1.79. The molecule has 1 amide bonds. The molecule has 1 aliphatic rings. The topological polar surface area (TPSA) is 54.9 Å². The molecule has 6 heteroatoms. The number of nitrogens with zero attached hydrogens (tertiary/aromatic N) is 2. The number of rotatable bonds is 2. The van der Waals surface area contributed by atoms with Crippen molar-refractivity contribution in [1.82, 2.24) is 9.97 Å². The first-order valence-electron chi connectivity index (χ1n) is 8.20. The molecule has 0 aliphatic heterocycles. The van der Waals surface area contributed by atoms with Crippen LogP contribution in [0.25, 0.3) is 10.2 Å².